The number of unbranched alkanes of at least 4 members (excludes halogenated alkanes) is 1. The lowest BCUT2D eigenvalue weighted by Gasteiger charge is -2.03. The van der Waals surface area contributed by atoms with Crippen molar-refractivity contribution in [1.29, 1.82) is 0 Å². The van der Waals surface area contributed by atoms with Crippen molar-refractivity contribution >= 4 is 0 Å². The van der Waals surface area contributed by atoms with E-state index in [0.29, 0.717) is 11.1 Å². The lowest BCUT2D eigenvalue weighted by Crippen LogP contribution is -1.95. The molecule has 0 aromatic carbocycles. The highest BCUT2D eigenvalue weighted by atomic mass is 16.3. The molecular formula is C30H50O4. The fraction of sp³-hybridized carbons (Fsp3) is 0.600. The standard InChI is InChI=1S/C30H50O4/c1-25(13-7-15-27(3)17-9-19-29(21-31)22-32)11-5-6-12-26(2)14-8-16-28(4)18-10-20-30(23-33)24-34/h11-12,15-16,19-20,31-34H,5-10,13-14,17-18,21-24H2,1-4H3. The van der Waals surface area contributed by atoms with Gasteiger partial charge in [0, 0.05) is 0 Å². The first-order valence-electron chi connectivity index (χ1n) is 12.8. The van der Waals surface area contributed by atoms with E-state index in [-0.39, 0.29) is 26.4 Å². The van der Waals surface area contributed by atoms with E-state index < -0.39 is 0 Å². The Hall–Kier alpha value is -1.72. The van der Waals surface area contributed by atoms with Crippen molar-refractivity contribution < 1.29 is 20.4 Å². The Balaban J connectivity index is 4.14. The normalized spacial score (nSPS) is 13.3. The van der Waals surface area contributed by atoms with Gasteiger partial charge in [-0.2, -0.15) is 0 Å². The van der Waals surface area contributed by atoms with Gasteiger partial charge in [-0.05, 0) is 103 Å². The first-order valence-corrected chi connectivity index (χ1v) is 12.8. The van der Waals surface area contributed by atoms with Crippen LogP contribution in [0.5, 0.6) is 0 Å². The maximum absolute atomic E-state index is 9.06. The van der Waals surface area contributed by atoms with E-state index in [9.17, 15) is 0 Å². The molecule has 0 unspecified atom stereocenters. The third-order valence-electron chi connectivity index (χ3n) is 5.97. The zero-order valence-corrected chi connectivity index (χ0v) is 22.2. The van der Waals surface area contributed by atoms with Gasteiger partial charge in [-0.15, -0.1) is 0 Å². The summed E-state index contributed by atoms with van der Waals surface area (Å²) in [5.41, 5.74) is 7.00. The maximum atomic E-state index is 9.06. The minimum Gasteiger partial charge on any atom is -0.392 e. The van der Waals surface area contributed by atoms with Gasteiger partial charge in [-0.25, -0.2) is 0 Å². The van der Waals surface area contributed by atoms with Gasteiger partial charge in [0.15, 0.2) is 0 Å². The topological polar surface area (TPSA) is 80.9 Å². The molecule has 0 saturated heterocycles. The van der Waals surface area contributed by atoms with E-state index in [0.717, 1.165) is 64.2 Å². The number of allylic oxidation sites excluding steroid dienone is 10. The minimum absolute atomic E-state index is 0.0627. The molecule has 0 aromatic heterocycles. The first-order chi connectivity index (χ1) is 16.4. The quantitative estimate of drug-likeness (QED) is 0.127. The average Bonchev–Trinajstić information content (AvgIpc) is 2.82. The fourth-order valence-corrected chi connectivity index (χ4v) is 3.53. The summed E-state index contributed by atoms with van der Waals surface area (Å²) < 4.78 is 0. The number of aliphatic hydroxyl groups is 4. The molecule has 0 amide bonds. The molecule has 0 saturated carbocycles. The Morgan fingerprint density at radius 3 is 0.882 bits per heavy atom. The summed E-state index contributed by atoms with van der Waals surface area (Å²) in [5.74, 6) is 0. The Labute approximate surface area is 208 Å². The first kappa shape index (κ1) is 32.3. The summed E-state index contributed by atoms with van der Waals surface area (Å²) in [5, 5.41) is 36.2. The molecule has 0 fully saturated rings. The van der Waals surface area contributed by atoms with Crippen LogP contribution in [-0.2, 0) is 0 Å². The van der Waals surface area contributed by atoms with Crippen LogP contribution in [0.4, 0.5) is 0 Å². The van der Waals surface area contributed by atoms with Gasteiger partial charge in [-0.3, -0.25) is 0 Å². The highest BCUT2D eigenvalue weighted by molar-refractivity contribution is 5.09. The molecule has 0 bridgehead atoms. The summed E-state index contributed by atoms with van der Waals surface area (Å²) in [6, 6.07) is 0. The van der Waals surface area contributed by atoms with Gasteiger partial charge in [0.05, 0.1) is 26.4 Å². The zero-order chi connectivity index (χ0) is 25.6. The summed E-state index contributed by atoms with van der Waals surface area (Å²) in [6.45, 7) is 8.47. The third kappa shape index (κ3) is 18.7. The fourth-order valence-electron chi connectivity index (χ4n) is 3.53. The molecule has 0 spiro atoms. The second-order valence-electron chi connectivity index (χ2n) is 9.29. The Morgan fingerprint density at radius 1 is 0.382 bits per heavy atom. The summed E-state index contributed by atoms with van der Waals surface area (Å²) >= 11 is 0. The molecule has 0 radical (unpaired) electrons. The lowest BCUT2D eigenvalue weighted by molar-refractivity contribution is 0.275. The molecule has 0 rings (SSSR count). The van der Waals surface area contributed by atoms with E-state index >= 15 is 0 Å². The number of rotatable bonds is 19. The van der Waals surface area contributed by atoms with E-state index in [2.05, 4.69) is 52.0 Å². The molecule has 4 N–H and O–H groups in total. The molecular weight excluding hydrogens is 424 g/mol. The summed E-state index contributed by atoms with van der Waals surface area (Å²) in [4.78, 5) is 0. The Bertz CT molecular complexity index is 646. The summed E-state index contributed by atoms with van der Waals surface area (Å²) in [6.07, 6.45) is 23.3. The second kappa shape index (κ2) is 21.8. The van der Waals surface area contributed by atoms with Gasteiger partial charge in [0.25, 0.3) is 0 Å². The molecule has 194 valence electrons. The summed E-state index contributed by atoms with van der Waals surface area (Å²) in [7, 11) is 0. The van der Waals surface area contributed by atoms with Gasteiger partial charge in [0.1, 0.15) is 0 Å². The van der Waals surface area contributed by atoms with Crippen LogP contribution >= 0.6 is 0 Å². The highest BCUT2D eigenvalue weighted by Gasteiger charge is 1.96. The van der Waals surface area contributed by atoms with Gasteiger partial charge >= 0.3 is 0 Å². The average molecular weight is 475 g/mol. The van der Waals surface area contributed by atoms with Crippen LogP contribution in [0.2, 0.25) is 0 Å². The largest absolute Gasteiger partial charge is 0.392 e. The van der Waals surface area contributed by atoms with Crippen molar-refractivity contribution in [3.63, 3.8) is 0 Å². The SMILES string of the molecule is CC(=CCCC=C(C)CCC=C(C)CCC=C(CO)CO)CCC=C(C)CCC=C(CO)CO. The minimum atomic E-state index is -0.0627. The van der Waals surface area contributed by atoms with Crippen LogP contribution in [0.3, 0.4) is 0 Å². The van der Waals surface area contributed by atoms with Crippen LogP contribution < -0.4 is 0 Å². The molecule has 0 aliphatic rings. The van der Waals surface area contributed by atoms with Crippen LogP contribution in [-0.4, -0.2) is 46.9 Å². The van der Waals surface area contributed by atoms with Crippen LogP contribution in [0, 0.1) is 0 Å². The Morgan fingerprint density at radius 2 is 0.618 bits per heavy atom. The highest BCUT2D eigenvalue weighted by Crippen LogP contribution is 2.14. The van der Waals surface area contributed by atoms with Gasteiger partial charge in [0.2, 0.25) is 0 Å². The predicted molar refractivity (Wildman–Crippen MR) is 146 cm³/mol. The number of aliphatic hydroxyl groups excluding tert-OH is 4. The molecule has 0 atom stereocenters. The second-order valence-corrected chi connectivity index (χ2v) is 9.29. The smallest absolute Gasteiger partial charge is 0.0663 e. The molecule has 4 heteroatoms. The van der Waals surface area contributed by atoms with E-state index in [1.807, 2.05) is 12.2 Å². The number of hydrogen-bond acceptors (Lipinski definition) is 4. The third-order valence-corrected chi connectivity index (χ3v) is 5.97. The van der Waals surface area contributed by atoms with Crippen molar-refractivity contribution in [2.45, 2.75) is 91.9 Å². The van der Waals surface area contributed by atoms with Crippen molar-refractivity contribution in [2.24, 2.45) is 0 Å². The molecule has 0 aromatic rings. The molecule has 0 aliphatic carbocycles. The molecule has 0 heterocycles. The predicted octanol–water partition coefficient (Wildman–Crippen LogP) is 6.49. The van der Waals surface area contributed by atoms with Crippen LogP contribution in [0.15, 0.2) is 69.9 Å². The van der Waals surface area contributed by atoms with Crippen LogP contribution in [0.25, 0.3) is 0 Å². The van der Waals surface area contributed by atoms with E-state index in [1.54, 1.807) is 0 Å². The number of hydrogen-bond donors (Lipinski definition) is 4. The molecule has 34 heavy (non-hydrogen) atoms. The van der Waals surface area contributed by atoms with Crippen molar-refractivity contribution in [3.05, 3.63) is 69.9 Å². The van der Waals surface area contributed by atoms with Crippen molar-refractivity contribution in [3.8, 4) is 0 Å². The monoisotopic (exact) mass is 474 g/mol. The van der Waals surface area contributed by atoms with Gasteiger partial charge < -0.3 is 20.4 Å². The maximum Gasteiger partial charge on any atom is 0.0663 e. The van der Waals surface area contributed by atoms with Crippen molar-refractivity contribution in [1.82, 2.24) is 0 Å². The van der Waals surface area contributed by atoms with E-state index in [4.69, 9.17) is 20.4 Å². The van der Waals surface area contributed by atoms with E-state index in [1.165, 1.54) is 22.3 Å². The molecule has 4 nitrogen and oxygen atoms in total. The van der Waals surface area contributed by atoms with Crippen molar-refractivity contribution in [2.75, 3.05) is 26.4 Å². The van der Waals surface area contributed by atoms with Gasteiger partial charge in [-0.1, -0.05) is 58.7 Å². The Kier molecular flexibility index (Phi) is 20.7. The lowest BCUT2D eigenvalue weighted by atomic mass is 10.0. The zero-order valence-electron chi connectivity index (χ0n) is 22.2. The van der Waals surface area contributed by atoms with Crippen LogP contribution in [0.1, 0.15) is 91.9 Å². The molecule has 0 aliphatic heterocycles.